The van der Waals surface area contributed by atoms with Gasteiger partial charge in [0.25, 0.3) is 0 Å². The summed E-state index contributed by atoms with van der Waals surface area (Å²) in [6.45, 7) is 3.89. The number of aromatic nitrogens is 1. The van der Waals surface area contributed by atoms with Crippen LogP contribution in [0.4, 0.5) is 5.69 Å². The maximum Gasteiger partial charge on any atom is 0.340 e. The lowest BCUT2D eigenvalue weighted by atomic mass is 10.1. The molecule has 3 aromatic rings. The smallest absolute Gasteiger partial charge is 0.340 e. The van der Waals surface area contributed by atoms with Gasteiger partial charge in [0, 0.05) is 36.6 Å². The van der Waals surface area contributed by atoms with Gasteiger partial charge in [-0.3, -0.25) is 4.79 Å². The van der Waals surface area contributed by atoms with Gasteiger partial charge in [-0.1, -0.05) is 0 Å². The van der Waals surface area contributed by atoms with Crippen LogP contribution in [0.1, 0.15) is 29.9 Å². The number of hydrogen-bond acceptors (Lipinski definition) is 6. The first-order valence-corrected chi connectivity index (χ1v) is 9.84. The molecule has 0 saturated heterocycles. The van der Waals surface area contributed by atoms with Crippen LogP contribution in [0.2, 0.25) is 0 Å². The van der Waals surface area contributed by atoms with Crippen molar-refractivity contribution in [2.75, 3.05) is 32.2 Å². The molecule has 1 aromatic heterocycles. The van der Waals surface area contributed by atoms with Crippen molar-refractivity contribution >= 4 is 28.5 Å². The van der Waals surface area contributed by atoms with Gasteiger partial charge in [0.05, 0.1) is 30.7 Å². The van der Waals surface area contributed by atoms with Crippen LogP contribution < -0.4 is 4.90 Å². The Bertz CT molecular complexity index is 1070. The van der Waals surface area contributed by atoms with Gasteiger partial charge < -0.3 is 24.0 Å². The number of hydrogen-bond donors (Lipinski definition) is 1. The van der Waals surface area contributed by atoms with Crippen LogP contribution in [0, 0.1) is 0 Å². The summed E-state index contributed by atoms with van der Waals surface area (Å²) in [5.41, 5.74) is 3.21. The molecule has 0 aliphatic heterocycles. The van der Waals surface area contributed by atoms with Gasteiger partial charge in [0.1, 0.15) is 5.75 Å². The fourth-order valence-electron chi connectivity index (χ4n) is 3.47. The normalized spacial score (nSPS) is 10.8. The number of phenols is 1. The van der Waals surface area contributed by atoms with Crippen LogP contribution in [0.5, 0.6) is 5.75 Å². The molecular formula is C23H26N2O5. The van der Waals surface area contributed by atoms with Gasteiger partial charge >= 0.3 is 11.9 Å². The Morgan fingerprint density at radius 2 is 1.67 bits per heavy atom. The van der Waals surface area contributed by atoms with Gasteiger partial charge in [-0.25, -0.2) is 4.79 Å². The van der Waals surface area contributed by atoms with Gasteiger partial charge in [-0.15, -0.1) is 0 Å². The van der Waals surface area contributed by atoms with Crippen molar-refractivity contribution in [3.63, 3.8) is 0 Å². The number of fused-ring (bicyclic) bond motifs is 1. The average Bonchev–Trinajstić information content (AvgIpc) is 3.01. The van der Waals surface area contributed by atoms with Crippen molar-refractivity contribution < 1.29 is 24.2 Å². The highest BCUT2D eigenvalue weighted by atomic mass is 16.5. The lowest BCUT2D eigenvalue weighted by Gasteiger charge is -2.15. The highest BCUT2D eigenvalue weighted by Crippen LogP contribution is 2.33. The van der Waals surface area contributed by atoms with Crippen molar-refractivity contribution in [2.45, 2.75) is 20.3 Å². The lowest BCUT2D eigenvalue weighted by molar-refractivity contribution is -0.142. The number of carbonyl (C=O) groups excluding carboxylic acids is 2. The molecule has 0 radical (unpaired) electrons. The second-order valence-electron chi connectivity index (χ2n) is 6.97. The number of phenolic OH excluding ortho intramolecular Hbond substituents is 1. The Balaban J connectivity index is 2.30. The molecular weight excluding hydrogens is 384 g/mol. The summed E-state index contributed by atoms with van der Waals surface area (Å²) in [4.78, 5) is 27.2. The first-order chi connectivity index (χ1) is 14.4. The lowest BCUT2D eigenvalue weighted by Crippen LogP contribution is -2.15. The van der Waals surface area contributed by atoms with E-state index in [2.05, 4.69) is 0 Å². The van der Waals surface area contributed by atoms with E-state index in [1.807, 2.05) is 47.8 Å². The largest absolute Gasteiger partial charge is 0.508 e. The first kappa shape index (κ1) is 21.2. The summed E-state index contributed by atoms with van der Waals surface area (Å²) in [6, 6.07) is 12.6. The second-order valence-corrected chi connectivity index (χ2v) is 6.97. The number of aromatic hydroxyl groups is 1. The van der Waals surface area contributed by atoms with Crippen molar-refractivity contribution in [2.24, 2.45) is 0 Å². The highest BCUT2D eigenvalue weighted by Gasteiger charge is 2.26. The molecule has 30 heavy (non-hydrogen) atoms. The molecule has 0 fully saturated rings. The van der Waals surface area contributed by atoms with Crippen molar-refractivity contribution in [3.8, 4) is 11.4 Å². The second kappa shape index (κ2) is 8.90. The van der Waals surface area contributed by atoms with E-state index < -0.39 is 11.9 Å². The molecule has 0 bridgehead atoms. The minimum Gasteiger partial charge on any atom is -0.508 e. The van der Waals surface area contributed by atoms with E-state index in [9.17, 15) is 14.7 Å². The predicted octanol–water partition coefficient (Wildman–Crippen LogP) is 3.68. The van der Waals surface area contributed by atoms with Crippen molar-refractivity contribution in [1.82, 2.24) is 4.57 Å². The average molecular weight is 410 g/mol. The predicted molar refractivity (Wildman–Crippen MR) is 116 cm³/mol. The Hall–Kier alpha value is -3.48. The molecule has 0 aliphatic carbocycles. The number of esters is 2. The Kier molecular flexibility index (Phi) is 6.30. The third kappa shape index (κ3) is 4.10. The fourth-order valence-corrected chi connectivity index (χ4v) is 3.47. The zero-order valence-corrected chi connectivity index (χ0v) is 17.6. The van der Waals surface area contributed by atoms with Crippen LogP contribution in [-0.4, -0.2) is 48.9 Å². The minimum atomic E-state index is -0.545. The molecule has 0 saturated carbocycles. The molecule has 3 rings (SSSR count). The topological polar surface area (TPSA) is 81.0 Å². The van der Waals surface area contributed by atoms with Crippen LogP contribution in [0.3, 0.4) is 0 Å². The maximum atomic E-state index is 12.8. The van der Waals surface area contributed by atoms with E-state index in [0.29, 0.717) is 16.6 Å². The standard InChI is InChI=1S/C23H26N2O5/c1-5-29-21(27)14-20-22(23(28)30-6-2)18-13-17(26)11-12-19(18)25(20)16-9-7-15(8-10-16)24(3)4/h7-13,26H,5-6,14H2,1-4H3. The highest BCUT2D eigenvalue weighted by molar-refractivity contribution is 6.07. The third-order valence-electron chi connectivity index (χ3n) is 4.77. The van der Waals surface area contributed by atoms with E-state index in [1.165, 1.54) is 6.07 Å². The van der Waals surface area contributed by atoms with E-state index >= 15 is 0 Å². The molecule has 2 aromatic carbocycles. The van der Waals surface area contributed by atoms with E-state index in [1.54, 1.807) is 26.0 Å². The molecule has 0 unspecified atom stereocenters. The molecule has 7 heteroatoms. The third-order valence-corrected chi connectivity index (χ3v) is 4.77. The van der Waals surface area contributed by atoms with Gasteiger partial charge in [0.15, 0.2) is 0 Å². The van der Waals surface area contributed by atoms with E-state index in [-0.39, 0.29) is 30.9 Å². The summed E-state index contributed by atoms with van der Waals surface area (Å²) in [6.07, 6.45) is -0.104. The SMILES string of the molecule is CCOC(=O)Cc1c(C(=O)OCC)c2cc(O)ccc2n1-c1ccc(N(C)C)cc1. The zero-order chi connectivity index (χ0) is 21.8. The molecule has 158 valence electrons. The fraction of sp³-hybridized carbons (Fsp3) is 0.304. The van der Waals surface area contributed by atoms with Crippen LogP contribution in [0.15, 0.2) is 42.5 Å². The Morgan fingerprint density at radius 1 is 1.00 bits per heavy atom. The summed E-state index contributed by atoms with van der Waals surface area (Å²) < 4.78 is 12.3. The van der Waals surface area contributed by atoms with Gasteiger partial charge in [-0.05, 0) is 56.3 Å². The molecule has 0 aliphatic rings. The molecule has 7 nitrogen and oxygen atoms in total. The van der Waals surface area contributed by atoms with Crippen LogP contribution in [-0.2, 0) is 20.7 Å². The molecule has 0 amide bonds. The summed E-state index contributed by atoms with van der Waals surface area (Å²) >= 11 is 0. The number of carbonyl (C=O) groups is 2. The van der Waals surface area contributed by atoms with E-state index in [4.69, 9.17) is 9.47 Å². The zero-order valence-electron chi connectivity index (χ0n) is 17.6. The number of benzene rings is 2. The molecule has 1 N–H and O–H groups in total. The van der Waals surface area contributed by atoms with Crippen LogP contribution >= 0.6 is 0 Å². The molecule has 1 heterocycles. The number of rotatable bonds is 7. The summed E-state index contributed by atoms with van der Waals surface area (Å²) in [5, 5.41) is 10.6. The summed E-state index contributed by atoms with van der Waals surface area (Å²) in [7, 11) is 3.90. The van der Waals surface area contributed by atoms with Crippen molar-refractivity contribution in [1.29, 1.82) is 0 Å². The van der Waals surface area contributed by atoms with Crippen LogP contribution in [0.25, 0.3) is 16.6 Å². The Morgan fingerprint density at radius 3 is 2.27 bits per heavy atom. The number of nitrogens with zero attached hydrogens (tertiary/aromatic N) is 2. The molecule has 0 spiro atoms. The van der Waals surface area contributed by atoms with E-state index in [0.717, 1.165) is 11.4 Å². The van der Waals surface area contributed by atoms with Crippen molar-refractivity contribution in [3.05, 3.63) is 53.7 Å². The summed E-state index contributed by atoms with van der Waals surface area (Å²) in [5.74, 6) is -0.965. The monoisotopic (exact) mass is 410 g/mol. The Labute approximate surface area is 175 Å². The first-order valence-electron chi connectivity index (χ1n) is 9.84. The maximum absolute atomic E-state index is 12.8. The van der Waals surface area contributed by atoms with Gasteiger partial charge in [-0.2, -0.15) is 0 Å². The minimum absolute atomic E-state index is 0.0239. The van der Waals surface area contributed by atoms with Gasteiger partial charge in [0.2, 0.25) is 0 Å². The quantitative estimate of drug-likeness (QED) is 0.599. The molecule has 0 atom stereocenters. The number of anilines is 1. The number of ether oxygens (including phenoxy) is 2.